The maximum Gasteiger partial charge on any atom is 0.302 e. The van der Waals surface area contributed by atoms with Crippen molar-refractivity contribution < 1.29 is 23.8 Å². The van der Waals surface area contributed by atoms with Gasteiger partial charge in [0.1, 0.15) is 23.3 Å². The first-order valence-corrected chi connectivity index (χ1v) is 11.8. The second-order valence-corrected chi connectivity index (χ2v) is 9.03. The van der Waals surface area contributed by atoms with Gasteiger partial charge in [0.15, 0.2) is 0 Å². The fourth-order valence-electron chi connectivity index (χ4n) is 4.46. The number of ether oxygens (including phenoxy) is 1. The van der Waals surface area contributed by atoms with Crippen LogP contribution in [0.2, 0.25) is 0 Å². The van der Waals surface area contributed by atoms with E-state index in [4.69, 9.17) is 9.15 Å². The standard InChI is InChI=1S/C28H27N3O5/c1-5-10-35-21-9-8-18(12-17(21)4)25(32)23-24(22-7-6-11-36-22)31(27(34)26(23)33)28-29-19-13-15(2)16(3)14-20(19)30-28/h6-9,11-14,24,32H,5,10H2,1-4H3,(H,29,30)/b25-23+. The third-order valence-corrected chi connectivity index (χ3v) is 6.48. The molecule has 1 atom stereocenters. The predicted octanol–water partition coefficient (Wildman–Crippen LogP) is 5.50. The molecule has 3 heterocycles. The largest absolute Gasteiger partial charge is 0.507 e. The molecule has 2 N–H and O–H groups in total. The van der Waals surface area contributed by atoms with Crippen molar-refractivity contribution in [3.63, 3.8) is 0 Å². The third-order valence-electron chi connectivity index (χ3n) is 6.48. The molecule has 2 aromatic carbocycles. The highest BCUT2D eigenvalue weighted by Gasteiger charge is 2.49. The van der Waals surface area contributed by atoms with E-state index in [1.165, 1.54) is 11.2 Å². The van der Waals surface area contributed by atoms with Crippen molar-refractivity contribution in [3.05, 3.63) is 82.3 Å². The molecule has 0 aliphatic carbocycles. The first kappa shape index (κ1) is 23.4. The molecule has 4 aromatic rings. The van der Waals surface area contributed by atoms with Crippen LogP contribution in [-0.2, 0) is 9.59 Å². The second kappa shape index (κ2) is 9.03. The van der Waals surface area contributed by atoms with E-state index in [0.717, 1.165) is 28.6 Å². The number of carbonyl (C=O) groups excluding carboxylic acids is 2. The highest BCUT2D eigenvalue weighted by atomic mass is 16.5. The second-order valence-electron chi connectivity index (χ2n) is 9.03. The van der Waals surface area contributed by atoms with Gasteiger partial charge in [-0.1, -0.05) is 6.92 Å². The molecule has 1 unspecified atom stereocenters. The van der Waals surface area contributed by atoms with Crippen LogP contribution < -0.4 is 9.64 Å². The first-order valence-electron chi connectivity index (χ1n) is 11.8. The van der Waals surface area contributed by atoms with Crippen LogP contribution in [0.4, 0.5) is 5.95 Å². The first-order chi connectivity index (χ1) is 17.3. The predicted molar refractivity (Wildman–Crippen MR) is 136 cm³/mol. The van der Waals surface area contributed by atoms with Gasteiger partial charge in [0.2, 0.25) is 5.95 Å². The van der Waals surface area contributed by atoms with Gasteiger partial charge in [-0.2, -0.15) is 0 Å². The van der Waals surface area contributed by atoms with E-state index in [9.17, 15) is 14.7 Å². The molecule has 1 aliphatic heterocycles. The minimum atomic E-state index is -0.987. The molecular formula is C28H27N3O5. The summed E-state index contributed by atoms with van der Waals surface area (Å²) in [6.07, 6.45) is 2.33. The van der Waals surface area contributed by atoms with Gasteiger partial charge in [-0.05, 0) is 86.3 Å². The molecule has 1 fully saturated rings. The quantitative estimate of drug-likeness (QED) is 0.212. The number of nitrogens with one attached hydrogen (secondary N) is 1. The lowest BCUT2D eigenvalue weighted by atomic mass is 9.98. The number of nitrogens with zero attached hydrogens (tertiary/aromatic N) is 2. The fourth-order valence-corrected chi connectivity index (χ4v) is 4.46. The van der Waals surface area contributed by atoms with E-state index < -0.39 is 17.7 Å². The van der Waals surface area contributed by atoms with Crippen LogP contribution in [-0.4, -0.2) is 33.4 Å². The van der Waals surface area contributed by atoms with Crippen LogP contribution in [0.1, 0.15) is 47.4 Å². The Morgan fingerprint density at radius 1 is 1.11 bits per heavy atom. The number of aromatic amines is 1. The highest BCUT2D eigenvalue weighted by molar-refractivity contribution is 6.51. The molecular weight excluding hydrogens is 458 g/mol. The zero-order valence-electron chi connectivity index (χ0n) is 20.6. The zero-order chi connectivity index (χ0) is 25.6. The maximum atomic E-state index is 13.3. The summed E-state index contributed by atoms with van der Waals surface area (Å²) in [5, 5.41) is 11.3. The number of hydrogen-bond donors (Lipinski definition) is 2. The lowest BCUT2D eigenvalue weighted by molar-refractivity contribution is -0.132. The number of Topliss-reactive ketones (excluding diaryl/α,β-unsaturated/α-hetero) is 1. The topological polar surface area (TPSA) is 109 Å². The number of H-pyrrole nitrogens is 1. The Balaban J connectivity index is 1.64. The molecule has 1 aliphatic rings. The Labute approximate surface area is 208 Å². The van der Waals surface area contributed by atoms with Gasteiger partial charge < -0.3 is 19.2 Å². The summed E-state index contributed by atoms with van der Waals surface area (Å²) in [5.74, 6) is -0.662. The van der Waals surface area contributed by atoms with Crippen molar-refractivity contribution >= 4 is 34.4 Å². The van der Waals surface area contributed by atoms with Crippen molar-refractivity contribution in [2.24, 2.45) is 0 Å². The molecule has 0 spiro atoms. The highest BCUT2D eigenvalue weighted by Crippen LogP contribution is 2.42. The van der Waals surface area contributed by atoms with Crippen molar-refractivity contribution in [2.45, 2.75) is 40.2 Å². The summed E-state index contributed by atoms with van der Waals surface area (Å²) in [4.78, 5) is 35.6. The number of aliphatic hydroxyl groups is 1. The Morgan fingerprint density at radius 2 is 1.89 bits per heavy atom. The monoisotopic (exact) mass is 485 g/mol. The zero-order valence-corrected chi connectivity index (χ0v) is 20.6. The Kier molecular flexibility index (Phi) is 5.88. The number of furan rings is 1. The molecule has 8 heteroatoms. The molecule has 0 radical (unpaired) electrons. The van der Waals surface area contributed by atoms with Crippen LogP contribution >= 0.6 is 0 Å². The smallest absolute Gasteiger partial charge is 0.302 e. The van der Waals surface area contributed by atoms with Crippen LogP contribution in [0.15, 0.2) is 58.7 Å². The van der Waals surface area contributed by atoms with E-state index in [1.54, 1.807) is 30.3 Å². The Bertz CT molecular complexity index is 1470. The van der Waals surface area contributed by atoms with Gasteiger partial charge in [0, 0.05) is 5.56 Å². The van der Waals surface area contributed by atoms with Crippen LogP contribution in [0.25, 0.3) is 16.8 Å². The maximum absolute atomic E-state index is 13.3. The number of rotatable bonds is 6. The van der Waals surface area contributed by atoms with E-state index in [-0.39, 0.29) is 17.3 Å². The molecule has 0 saturated carbocycles. The molecule has 5 rings (SSSR count). The lowest BCUT2D eigenvalue weighted by Crippen LogP contribution is -2.30. The summed E-state index contributed by atoms with van der Waals surface area (Å²) in [7, 11) is 0. The average Bonchev–Trinajstić information content (AvgIpc) is 3.57. The molecule has 1 amide bonds. The lowest BCUT2D eigenvalue weighted by Gasteiger charge is -2.20. The number of anilines is 1. The SMILES string of the molecule is CCCOc1ccc(/C(O)=C2\C(=O)C(=O)N(c3nc4cc(C)c(C)cc4[nH]3)C2c2ccco2)cc1C. The molecule has 184 valence electrons. The number of hydrogen-bond acceptors (Lipinski definition) is 6. The number of aryl methyl sites for hydroxylation is 3. The Hall–Kier alpha value is -4.33. The number of ketones is 1. The van der Waals surface area contributed by atoms with Crippen molar-refractivity contribution in [3.8, 4) is 5.75 Å². The van der Waals surface area contributed by atoms with Crippen molar-refractivity contribution in [1.82, 2.24) is 9.97 Å². The van der Waals surface area contributed by atoms with Crippen molar-refractivity contribution in [2.75, 3.05) is 11.5 Å². The number of amides is 1. The summed E-state index contributed by atoms with van der Waals surface area (Å²) in [6.45, 7) is 8.44. The number of carbonyl (C=O) groups is 2. The van der Waals surface area contributed by atoms with Gasteiger partial charge >= 0.3 is 5.91 Å². The molecule has 2 aromatic heterocycles. The number of fused-ring (bicyclic) bond motifs is 1. The number of aromatic nitrogens is 2. The average molecular weight is 486 g/mol. The third kappa shape index (κ3) is 3.84. The number of aliphatic hydroxyl groups excluding tert-OH is 1. The van der Waals surface area contributed by atoms with Crippen LogP contribution in [0.3, 0.4) is 0 Å². The molecule has 8 nitrogen and oxygen atoms in total. The number of imidazole rings is 1. The summed E-state index contributed by atoms with van der Waals surface area (Å²) >= 11 is 0. The van der Waals surface area contributed by atoms with E-state index in [0.29, 0.717) is 29.2 Å². The number of benzene rings is 2. The van der Waals surface area contributed by atoms with Gasteiger partial charge in [0.25, 0.3) is 5.78 Å². The normalized spacial score (nSPS) is 17.3. The van der Waals surface area contributed by atoms with Gasteiger partial charge in [-0.25, -0.2) is 4.98 Å². The summed E-state index contributed by atoms with van der Waals surface area (Å²) in [6, 6.07) is 11.4. The van der Waals surface area contributed by atoms with Crippen LogP contribution in [0.5, 0.6) is 5.75 Å². The molecule has 1 saturated heterocycles. The summed E-state index contributed by atoms with van der Waals surface area (Å²) < 4.78 is 11.4. The van der Waals surface area contributed by atoms with E-state index in [1.807, 2.05) is 39.8 Å². The van der Waals surface area contributed by atoms with E-state index >= 15 is 0 Å². The van der Waals surface area contributed by atoms with Gasteiger partial charge in [-0.3, -0.25) is 14.5 Å². The molecule has 36 heavy (non-hydrogen) atoms. The van der Waals surface area contributed by atoms with E-state index in [2.05, 4.69) is 9.97 Å². The Morgan fingerprint density at radius 3 is 2.58 bits per heavy atom. The fraction of sp³-hybridized carbons (Fsp3) is 0.250. The summed E-state index contributed by atoms with van der Waals surface area (Å²) in [5.41, 5.74) is 4.69. The van der Waals surface area contributed by atoms with Gasteiger partial charge in [-0.15, -0.1) is 0 Å². The minimum absolute atomic E-state index is 0.0654. The van der Waals surface area contributed by atoms with Crippen LogP contribution in [0, 0.1) is 20.8 Å². The van der Waals surface area contributed by atoms with Gasteiger partial charge in [0.05, 0.1) is 29.5 Å². The minimum Gasteiger partial charge on any atom is -0.507 e. The van der Waals surface area contributed by atoms with Crippen molar-refractivity contribution in [1.29, 1.82) is 0 Å². The molecule has 0 bridgehead atoms.